The molecule has 12 rings (SSSR count). The van der Waals surface area contributed by atoms with E-state index in [1.165, 1.54) is 119 Å². The topological polar surface area (TPSA) is 19.6 Å². The lowest BCUT2D eigenvalue weighted by molar-refractivity contribution is 0.332. The summed E-state index contributed by atoms with van der Waals surface area (Å²) >= 11 is 0. The van der Waals surface area contributed by atoms with Gasteiger partial charge in [0, 0.05) is 44.9 Å². The molecule has 3 heterocycles. The van der Waals surface area contributed by atoms with E-state index in [0.717, 1.165) is 28.4 Å². The first-order chi connectivity index (χ1) is 30.8. The lowest BCUT2D eigenvalue weighted by atomic mass is 9.33. The maximum Gasteiger partial charge on any atom is 0.252 e. The zero-order valence-electron chi connectivity index (χ0n) is 40.5. The summed E-state index contributed by atoms with van der Waals surface area (Å²) in [7, 11) is 0. The number of anilines is 6. The highest BCUT2D eigenvalue weighted by Crippen LogP contribution is 2.55. The summed E-state index contributed by atoms with van der Waals surface area (Å²) in [5.74, 6) is 0. The van der Waals surface area contributed by atoms with Crippen LogP contribution in [0.4, 0.5) is 34.1 Å². The normalized spacial score (nSPS) is 18.1. The molecule has 65 heavy (non-hydrogen) atoms. The summed E-state index contributed by atoms with van der Waals surface area (Å²) in [6.45, 7) is 28.9. The van der Waals surface area contributed by atoms with Gasteiger partial charge in [-0.2, -0.15) is 0 Å². The smallest absolute Gasteiger partial charge is 0.252 e. The Morgan fingerprint density at radius 1 is 0.431 bits per heavy atom. The van der Waals surface area contributed by atoms with Gasteiger partial charge >= 0.3 is 0 Å². The van der Waals surface area contributed by atoms with E-state index in [9.17, 15) is 0 Å². The van der Waals surface area contributed by atoms with Gasteiger partial charge in [-0.3, -0.25) is 0 Å². The number of hydrogen-bond donors (Lipinski definition) is 0. The van der Waals surface area contributed by atoms with Gasteiger partial charge in [-0.25, -0.2) is 0 Å². The molecule has 4 heteroatoms. The molecule has 324 valence electrons. The molecule has 7 aromatic carbocycles. The Bertz CT molecular complexity index is 3360. The Hall–Kier alpha value is -6.00. The molecule has 0 radical (unpaired) electrons. The monoisotopic (exact) mass is 848 g/mol. The van der Waals surface area contributed by atoms with Crippen molar-refractivity contribution in [2.75, 3.05) is 9.80 Å². The van der Waals surface area contributed by atoms with E-state index in [0.29, 0.717) is 0 Å². The van der Waals surface area contributed by atoms with Gasteiger partial charge in [-0.1, -0.05) is 122 Å². The molecule has 2 aliphatic carbocycles. The van der Waals surface area contributed by atoms with Crippen LogP contribution in [-0.2, 0) is 21.7 Å². The van der Waals surface area contributed by atoms with Gasteiger partial charge in [-0.15, -0.1) is 0 Å². The zero-order chi connectivity index (χ0) is 45.3. The summed E-state index contributed by atoms with van der Waals surface area (Å²) in [6.07, 6.45) is 3.46. The lowest BCUT2D eigenvalue weighted by Gasteiger charge is -2.47. The minimum absolute atomic E-state index is 0.0224. The molecule has 4 aliphatic rings. The third kappa shape index (κ3) is 5.68. The van der Waals surface area contributed by atoms with Crippen molar-refractivity contribution in [2.24, 2.45) is 0 Å². The summed E-state index contributed by atoms with van der Waals surface area (Å²) in [6, 6.07) is 44.7. The van der Waals surface area contributed by atoms with Crippen LogP contribution in [0.1, 0.15) is 119 Å². The summed E-state index contributed by atoms with van der Waals surface area (Å²) in [4.78, 5) is 5.32. The van der Waals surface area contributed by atoms with Crippen LogP contribution in [0.25, 0.3) is 33.1 Å². The fourth-order valence-corrected chi connectivity index (χ4v) is 13.4. The van der Waals surface area contributed by atoms with Crippen LogP contribution in [0.15, 0.2) is 120 Å². The maximum atomic E-state index is 6.80. The average molecular weight is 849 g/mol. The quantitative estimate of drug-likeness (QED) is 0.165. The molecule has 0 N–H and O–H groups in total. The molecule has 1 aromatic heterocycles. The fourth-order valence-electron chi connectivity index (χ4n) is 13.4. The molecule has 0 fully saturated rings. The number of fused-ring (bicyclic) bond motifs is 9. The number of benzene rings is 7. The Balaban J connectivity index is 1.27. The van der Waals surface area contributed by atoms with Gasteiger partial charge in [0.05, 0.1) is 0 Å². The zero-order valence-corrected chi connectivity index (χ0v) is 40.5. The van der Waals surface area contributed by atoms with Crippen LogP contribution >= 0.6 is 0 Å². The highest BCUT2D eigenvalue weighted by molar-refractivity contribution is 7.00. The molecule has 0 unspecified atom stereocenters. The number of nitrogens with zero attached hydrogens (tertiary/aromatic N) is 2. The van der Waals surface area contributed by atoms with Gasteiger partial charge < -0.3 is 14.2 Å². The second-order valence-corrected chi connectivity index (χ2v) is 22.9. The molecule has 0 saturated carbocycles. The maximum absolute atomic E-state index is 6.80. The van der Waals surface area contributed by atoms with Crippen molar-refractivity contribution in [3.63, 3.8) is 0 Å². The Kier molecular flexibility index (Phi) is 8.29. The Morgan fingerprint density at radius 2 is 0.969 bits per heavy atom. The minimum atomic E-state index is -0.0377. The highest BCUT2D eigenvalue weighted by Gasteiger charge is 2.49. The van der Waals surface area contributed by atoms with Crippen LogP contribution < -0.4 is 26.2 Å². The van der Waals surface area contributed by atoms with E-state index >= 15 is 0 Å². The van der Waals surface area contributed by atoms with Crippen molar-refractivity contribution in [3.05, 3.63) is 160 Å². The van der Waals surface area contributed by atoms with Crippen LogP contribution in [-0.4, -0.2) is 6.71 Å². The highest BCUT2D eigenvalue weighted by atomic mass is 16.3. The van der Waals surface area contributed by atoms with Crippen molar-refractivity contribution >= 4 is 79.2 Å². The van der Waals surface area contributed by atoms with E-state index in [2.05, 4.69) is 208 Å². The first-order valence-electron chi connectivity index (χ1n) is 24.0. The van der Waals surface area contributed by atoms with Gasteiger partial charge in [0.1, 0.15) is 11.2 Å². The molecule has 3 nitrogen and oxygen atoms in total. The fraction of sp³-hybridized carbons (Fsp3) is 0.311. The number of para-hydroxylation sites is 2. The summed E-state index contributed by atoms with van der Waals surface area (Å²) in [5, 5.41) is 2.30. The Labute approximate surface area is 386 Å². The molecule has 0 amide bonds. The number of furan rings is 1. The molecule has 0 saturated heterocycles. The predicted molar refractivity (Wildman–Crippen MR) is 278 cm³/mol. The standard InChI is InChI=1S/C61H61BN2O/c1-35-18-13-15-22-48(35)63-50-29-41-40-21-14-16-23-54(40)65-55(41)33-47(50)62-46-30-43-45(61(11,12)34-60(43,9)10)32-51(46)64(49-31-44-42(26-38(49)4)58(5,6)24-25-59(44,7)8)53-28-39(27-52(63)57(53)62)56-36(2)19-17-20-37(56)3/h13-23,26-33H,24-25,34H2,1-12H3. The molecule has 0 atom stereocenters. The first-order valence-corrected chi connectivity index (χ1v) is 24.0. The van der Waals surface area contributed by atoms with Crippen LogP contribution in [0.3, 0.4) is 0 Å². The van der Waals surface area contributed by atoms with E-state index in [-0.39, 0.29) is 28.4 Å². The second kappa shape index (κ2) is 13.3. The van der Waals surface area contributed by atoms with Gasteiger partial charge in [0.15, 0.2) is 0 Å². The third-order valence-electron chi connectivity index (χ3n) is 16.6. The van der Waals surface area contributed by atoms with Crippen LogP contribution in [0.2, 0.25) is 0 Å². The molecule has 0 bridgehead atoms. The van der Waals surface area contributed by atoms with E-state index in [1.54, 1.807) is 0 Å². The van der Waals surface area contributed by atoms with Crippen LogP contribution in [0.5, 0.6) is 0 Å². The Morgan fingerprint density at radius 3 is 1.66 bits per heavy atom. The first kappa shape index (κ1) is 40.5. The molecular formula is C61H61BN2O. The van der Waals surface area contributed by atoms with Gasteiger partial charge in [-0.05, 0) is 189 Å². The number of rotatable bonds is 3. The largest absolute Gasteiger partial charge is 0.456 e. The van der Waals surface area contributed by atoms with Gasteiger partial charge in [0.2, 0.25) is 0 Å². The second-order valence-electron chi connectivity index (χ2n) is 22.9. The third-order valence-corrected chi connectivity index (χ3v) is 16.6. The van der Waals surface area contributed by atoms with Crippen molar-refractivity contribution in [1.29, 1.82) is 0 Å². The van der Waals surface area contributed by atoms with Crippen molar-refractivity contribution in [2.45, 2.75) is 124 Å². The van der Waals surface area contributed by atoms with Crippen LogP contribution in [0, 0.1) is 27.7 Å². The van der Waals surface area contributed by atoms with E-state index < -0.39 is 0 Å². The number of hydrogen-bond acceptors (Lipinski definition) is 3. The predicted octanol–water partition coefficient (Wildman–Crippen LogP) is 14.9. The van der Waals surface area contributed by atoms with E-state index in [1.807, 2.05) is 0 Å². The van der Waals surface area contributed by atoms with Crippen molar-refractivity contribution < 1.29 is 4.42 Å². The molecule has 8 aromatic rings. The average Bonchev–Trinajstić information content (AvgIpc) is 3.70. The molecule has 2 aliphatic heterocycles. The minimum Gasteiger partial charge on any atom is -0.456 e. The SMILES string of the molecule is Cc1ccccc1N1c2cc3c(cc2B2c4cc5c(cc4N(c4cc6c(cc4C)C(C)(C)CCC6(C)C)c4cc(-c6c(C)cccc6C)cc1c42)C(C)(C)CC5(C)C)oc1ccccc13. The summed E-state index contributed by atoms with van der Waals surface area (Å²) in [5.41, 5.74) is 27.2. The van der Waals surface area contributed by atoms with Crippen molar-refractivity contribution in [3.8, 4) is 11.1 Å². The molecule has 0 spiro atoms. The van der Waals surface area contributed by atoms with Crippen molar-refractivity contribution in [1.82, 2.24) is 0 Å². The lowest BCUT2D eigenvalue weighted by Crippen LogP contribution is -2.61. The number of aryl methyl sites for hydroxylation is 4. The van der Waals surface area contributed by atoms with Gasteiger partial charge in [0.25, 0.3) is 6.71 Å². The van der Waals surface area contributed by atoms with E-state index in [4.69, 9.17) is 4.42 Å². The molecular weight excluding hydrogens is 787 g/mol. The summed E-state index contributed by atoms with van der Waals surface area (Å²) < 4.78 is 6.80.